The van der Waals surface area contributed by atoms with Crippen molar-refractivity contribution in [3.8, 4) is 5.75 Å². The minimum atomic E-state index is -0.0426. The van der Waals surface area contributed by atoms with Gasteiger partial charge >= 0.3 is 0 Å². The molecule has 0 radical (unpaired) electrons. The van der Waals surface area contributed by atoms with Gasteiger partial charge in [0.2, 0.25) is 0 Å². The molecule has 1 fully saturated rings. The minimum Gasteiger partial charge on any atom is -0.489 e. The summed E-state index contributed by atoms with van der Waals surface area (Å²) in [5, 5.41) is 0.936. The van der Waals surface area contributed by atoms with E-state index in [0.717, 1.165) is 61.4 Å². The standard InChI is InChI=1S/C23H26N2O3/c1-2-12-24-13-15-25(16-14-24)23(26)22-20(17-27-18-8-4-3-5-9-18)19-10-6-7-11-21(19)28-22/h3-11H,2,12-17H2,1H3. The molecule has 1 aromatic heterocycles. The van der Waals surface area contributed by atoms with Gasteiger partial charge in [-0.1, -0.05) is 43.3 Å². The number of para-hydroxylation sites is 2. The lowest BCUT2D eigenvalue weighted by atomic mass is 10.1. The number of ether oxygens (including phenoxy) is 1. The molecule has 5 heteroatoms. The third-order valence-electron chi connectivity index (χ3n) is 5.22. The molecule has 2 aromatic carbocycles. The molecule has 0 aliphatic carbocycles. The predicted molar refractivity (Wildman–Crippen MR) is 110 cm³/mol. The molecule has 0 atom stereocenters. The molecular formula is C23H26N2O3. The van der Waals surface area contributed by atoms with Crippen molar-refractivity contribution in [2.24, 2.45) is 0 Å². The Hall–Kier alpha value is -2.79. The SMILES string of the molecule is CCCN1CCN(C(=O)c2oc3ccccc3c2COc2ccccc2)CC1. The second kappa shape index (κ2) is 8.48. The van der Waals surface area contributed by atoms with Gasteiger partial charge < -0.3 is 14.1 Å². The van der Waals surface area contributed by atoms with Crippen molar-refractivity contribution in [1.82, 2.24) is 9.80 Å². The van der Waals surface area contributed by atoms with Crippen LogP contribution in [0.3, 0.4) is 0 Å². The number of rotatable bonds is 6. The molecule has 28 heavy (non-hydrogen) atoms. The lowest BCUT2D eigenvalue weighted by Crippen LogP contribution is -2.48. The van der Waals surface area contributed by atoms with Gasteiger partial charge in [0.1, 0.15) is 17.9 Å². The number of hydrogen-bond donors (Lipinski definition) is 0. The Kier molecular flexibility index (Phi) is 5.63. The zero-order valence-electron chi connectivity index (χ0n) is 16.3. The number of benzene rings is 2. The van der Waals surface area contributed by atoms with Crippen LogP contribution in [0.4, 0.5) is 0 Å². The highest BCUT2D eigenvalue weighted by atomic mass is 16.5. The van der Waals surface area contributed by atoms with E-state index in [-0.39, 0.29) is 5.91 Å². The van der Waals surface area contributed by atoms with Crippen LogP contribution in [0.2, 0.25) is 0 Å². The lowest BCUT2D eigenvalue weighted by Gasteiger charge is -2.34. The van der Waals surface area contributed by atoms with Crippen molar-refractivity contribution in [2.75, 3.05) is 32.7 Å². The van der Waals surface area contributed by atoms with Crippen LogP contribution in [0.5, 0.6) is 5.75 Å². The van der Waals surface area contributed by atoms with E-state index in [1.807, 2.05) is 59.5 Å². The molecule has 1 aliphatic rings. The fourth-order valence-corrected chi connectivity index (χ4v) is 3.72. The molecule has 3 aromatic rings. The summed E-state index contributed by atoms with van der Waals surface area (Å²) in [5.41, 5.74) is 1.54. The molecule has 4 rings (SSSR count). The lowest BCUT2D eigenvalue weighted by molar-refractivity contribution is 0.0605. The van der Waals surface area contributed by atoms with Crippen molar-refractivity contribution < 1.29 is 13.9 Å². The zero-order valence-corrected chi connectivity index (χ0v) is 16.3. The number of carbonyl (C=O) groups excluding carboxylic acids is 1. The Morgan fingerprint density at radius 1 is 1.00 bits per heavy atom. The normalized spacial score (nSPS) is 15.1. The van der Waals surface area contributed by atoms with Gasteiger partial charge in [-0.3, -0.25) is 9.69 Å². The highest BCUT2D eigenvalue weighted by Gasteiger charge is 2.28. The maximum atomic E-state index is 13.2. The first-order valence-electron chi connectivity index (χ1n) is 9.96. The number of hydrogen-bond acceptors (Lipinski definition) is 4. The highest BCUT2D eigenvalue weighted by Crippen LogP contribution is 2.28. The van der Waals surface area contributed by atoms with Crippen molar-refractivity contribution in [3.63, 3.8) is 0 Å². The van der Waals surface area contributed by atoms with Crippen LogP contribution < -0.4 is 4.74 Å². The number of carbonyl (C=O) groups is 1. The number of amides is 1. The molecule has 0 saturated carbocycles. The van der Waals surface area contributed by atoms with Crippen LogP contribution in [0.25, 0.3) is 11.0 Å². The molecule has 0 bridgehead atoms. The molecular weight excluding hydrogens is 352 g/mol. The fraction of sp³-hybridized carbons (Fsp3) is 0.348. The van der Waals surface area contributed by atoms with Crippen LogP contribution >= 0.6 is 0 Å². The molecule has 2 heterocycles. The first kappa shape index (κ1) is 18.6. The van der Waals surface area contributed by atoms with E-state index in [4.69, 9.17) is 9.15 Å². The van der Waals surface area contributed by atoms with Crippen LogP contribution in [0, 0.1) is 0 Å². The van der Waals surface area contributed by atoms with Gasteiger partial charge in [-0.25, -0.2) is 0 Å². The topological polar surface area (TPSA) is 45.9 Å². The third-order valence-corrected chi connectivity index (χ3v) is 5.22. The molecule has 1 aliphatic heterocycles. The second-order valence-electron chi connectivity index (χ2n) is 7.14. The van der Waals surface area contributed by atoms with Crippen molar-refractivity contribution >= 4 is 16.9 Å². The van der Waals surface area contributed by atoms with E-state index in [0.29, 0.717) is 12.4 Å². The smallest absolute Gasteiger partial charge is 0.290 e. The molecule has 0 N–H and O–H groups in total. The maximum absolute atomic E-state index is 13.2. The molecule has 1 amide bonds. The fourth-order valence-electron chi connectivity index (χ4n) is 3.72. The Labute approximate surface area is 165 Å². The van der Waals surface area contributed by atoms with Gasteiger partial charge in [0, 0.05) is 37.1 Å². The number of furan rings is 1. The van der Waals surface area contributed by atoms with Crippen molar-refractivity contribution in [2.45, 2.75) is 20.0 Å². The number of fused-ring (bicyclic) bond motifs is 1. The average molecular weight is 378 g/mol. The van der Waals surface area contributed by atoms with Crippen molar-refractivity contribution in [3.05, 3.63) is 65.9 Å². The minimum absolute atomic E-state index is 0.0426. The zero-order chi connectivity index (χ0) is 19.3. The first-order valence-corrected chi connectivity index (χ1v) is 9.96. The maximum Gasteiger partial charge on any atom is 0.290 e. The van der Waals surface area contributed by atoms with E-state index < -0.39 is 0 Å². The van der Waals surface area contributed by atoms with Gasteiger partial charge in [-0.15, -0.1) is 0 Å². The van der Waals surface area contributed by atoms with Crippen LogP contribution in [-0.4, -0.2) is 48.4 Å². The Balaban J connectivity index is 1.57. The summed E-state index contributed by atoms with van der Waals surface area (Å²) < 4.78 is 11.9. The van der Waals surface area contributed by atoms with Crippen LogP contribution in [0.15, 0.2) is 59.0 Å². The van der Waals surface area contributed by atoms with E-state index in [1.54, 1.807) is 0 Å². The van der Waals surface area contributed by atoms with Crippen LogP contribution in [0.1, 0.15) is 29.5 Å². The second-order valence-corrected chi connectivity index (χ2v) is 7.14. The number of nitrogens with zero attached hydrogens (tertiary/aromatic N) is 2. The van der Waals surface area contributed by atoms with E-state index >= 15 is 0 Å². The highest BCUT2D eigenvalue weighted by molar-refractivity contribution is 5.99. The molecule has 5 nitrogen and oxygen atoms in total. The third kappa shape index (κ3) is 3.90. The van der Waals surface area contributed by atoms with Crippen molar-refractivity contribution in [1.29, 1.82) is 0 Å². The monoisotopic (exact) mass is 378 g/mol. The Bertz CT molecular complexity index is 927. The Morgan fingerprint density at radius 2 is 1.71 bits per heavy atom. The summed E-state index contributed by atoms with van der Waals surface area (Å²) in [6, 6.07) is 17.4. The van der Waals surface area contributed by atoms with Gasteiger partial charge in [-0.05, 0) is 31.2 Å². The van der Waals surface area contributed by atoms with Gasteiger partial charge in [0.25, 0.3) is 5.91 Å². The molecule has 0 spiro atoms. The quantitative estimate of drug-likeness (QED) is 0.646. The summed E-state index contributed by atoms with van der Waals surface area (Å²) in [6.07, 6.45) is 1.14. The predicted octanol–water partition coefficient (Wildman–Crippen LogP) is 4.18. The van der Waals surface area contributed by atoms with E-state index in [1.165, 1.54) is 0 Å². The van der Waals surface area contributed by atoms with Gasteiger partial charge in [-0.2, -0.15) is 0 Å². The van der Waals surface area contributed by atoms with Crippen LogP contribution in [-0.2, 0) is 6.61 Å². The summed E-state index contributed by atoms with van der Waals surface area (Å²) >= 11 is 0. The largest absolute Gasteiger partial charge is 0.489 e. The summed E-state index contributed by atoms with van der Waals surface area (Å²) in [6.45, 7) is 6.86. The summed E-state index contributed by atoms with van der Waals surface area (Å²) in [5.74, 6) is 1.14. The number of piperazine rings is 1. The van der Waals surface area contributed by atoms with Gasteiger partial charge in [0.05, 0.1) is 0 Å². The van der Waals surface area contributed by atoms with E-state index in [2.05, 4.69) is 11.8 Å². The van der Waals surface area contributed by atoms with E-state index in [9.17, 15) is 4.79 Å². The molecule has 1 saturated heterocycles. The molecule has 0 unspecified atom stereocenters. The first-order chi connectivity index (χ1) is 13.8. The Morgan fingerprint density at radius 3 is 2.46 bits per heavy atom. The molecule has 146 valence electrons. The summed E-state index contributed by atoms with van der Waals surface area (Å²) in [7, 11) is 0. The average Bonchev–Trinajstić information content (AvgIpc) is 3.12. The summed E-state index contributed by atoms with van der Waals surface area (Å²) in [4.78, 5) is 17.5. The van der Waals surface area contributed by atoms with Gasteiger partial charge in [0.15, 0.2) is 5.76 Å².